The first-order valence-electron chi connectivity index (χ1n) is 8.95. The lowest BCUT2D eigenvalue weighted by Gasteiger charge is -2.29. The summed E-state index contributed by atoms with van der Waals surface area (Å²) in [5.74, 6) is 0.429. The molecule has 0 spiro atoms. The molecule has 3 aromatic rings. The Morgan fingerprint density at radius 2 is 1.72 bits per heavy atom. The number of para-hydroxylation sites is 1. The average Bonchev–Trinajstić information content (AvgIpc) is 2.73. The fourth-order valence-electron chi connectivity index (χ4n) is 3.51. The molecule has 3 aromatic carbocycles. The van der Waals surface area contributed by atoms with E-state index in [0.717, 1.165) is 11.1 Å². The second kappa shape index (κ2) is 8.37. The first-order chi connectivity index (χ1) is 14.1. The molecular formula is C23H16FO3S2-. The lowest BCUT2D eigenvalue weighted by molar-refractivity contribution is 0.499. The summed E-state index contributed by atoms with van der Waals surface area (Å²) >= 11 is 3.17. The Bertz CT molecular complexity index is 1120. The molecule has 0 aromatic heterocycles. The summed E-state index contributed by atoms with van der Waals surface area (Å²) in [6.07, 6.45) is 0. The average molecular weight is 424 g/mol. The Labute approximate surface area is 176 Å². The first kappa shape index (κ1) is 19.6. The van der Waals surface area contributed by atoms with Crippen LogP contribution in [0.4, 0.5) is 4.39 Å². The SMILES string of the molecule is O=S([O-])Cc1ccc(C2=C(c3ccccc3F)C(C=S)c3ccccc3O2)cc1. The van der Waals surface area contributed by atoms with Crippen molar-refractivity contribution in [2.24, 2.45) is 0 Å². The molecule has 29 heavy (non-hydrogen) atoms. The van der Waals surface area contributed by atoms with Crippen LogP contribution in [0.1, 0.15) is 28.2 Å². The van der Waals surface area contributed by atoms with Gasteiger partial charge in [-0.3, -0.25) is 4.21 Å². The van der Waals surface area contributed by atoms with Crippen LogP contribution in [-0.4, -0.2) is 14.1 Å². The first-order valence-corrected chi connectivity index (χ1v) is 10.7. The number of hydrogen-bond donors (Lipinski definition) is 0. The highest BCUT2D eigenvalue weighted by molar-refractivity contribution is 7.79. The smallest absolute Gasteiger partial charge is 0.139 e. The van der Waals surface area contributed by atoms with Crippen LogP contribution >= 0.6 is 12.2 Å². The molecule has 0 aliphatic carbocycles. The number of fused-ring (bicyclic) bond motifs is 1. The Balaban J connectivity index is 1.91. The fraction of sp³-hybridized carbons (Fsp3) is 0.0870. The number of halogens is 1. The van der Waals surface area contributed by atoms with Gasteiger partial charge in [0.1, 0.15) is 17.3 Å². The Kier molecular flexibility index (Phi) is 5.67. The molecule has 1 aliphatic rings. The molecule has 4 rings (SSSR count). The second-order valence-electron chi connectivity index (χ2n) is 6.62. The summed E-state index contributed by atoms with van der Waals surface area (Å²) in [5.41, 5.74) is 3.34. The molecular weight excluding hydrogens is 407 g/mol. The van der Waals surface area contributed by atoms with Crippen LogP contribution in [0.3, 0.4) is 0 Å². The highest BCUT2D eigenvalue weighted by Crippen LogP contribution is 2.46. The van der Waals surface area contributed by atoms with Crippen LogP contribution < -0.4 is 4.74 Å². The van der Waals surface area contributed by atoms with Gasteiger partial charge < -0.3 is 9.29 Å². The number of allylic oxidation sites excluding steroid dienone is 1. The van der Waals surface area contributed by atoms with Gasteiger partial charge in [-0.2, -0.15) is 0 Å². The lowest BCUT2D eigenvalue weighted by Crippen LogP contribution is -2.16. The van der Waals surface area contributed by atoms with E-state index < -0.39 is 11.1 Å². The van der Waals surface area contributed by atoms with E-state index in [1.807, 2.05) is 24.3 Å². The minimum absolute atomic E-state index is 0.0637. The Morgan fingerprint density at radius 3 is 2.41 bits per heavy atom. The second-order valence-corrected chi connectivity index (χ2v) is 7.79. The van der Waals surface area contributed by atoms with E-state index in [0.29, 0.717) is 28.2 Å². The zero-order chi connectivity index (χ0) is 20.4. The molecule has 146 valence electrons. The zero-order valence-corrected chi connectivity index (χ0v) is 16.8. The summed E-state index contributed by atoms with van der Waals surface area (Å²) in [6, 6.07) is 21.1. The molecule has 1 heterocycles. The number of thiocarbonyl (C=S) groups is 1. The molecule has 2 unspecified atom stereocenters. The highest BCUT2D eigenvalue weighted by Gasteiger charge is 2.31. The number of benzene rings is 3. The van der Waals surface area contributed by atoms with Crippen molar-refractivity contribution in [1.29, 1.82) is 0 Å². The Hall–Kier alpha value is -2.67. The van der Waals surface area contributed by atoms with Gasteiger partial charge in [-0.1, -0.05) is 84.0 Å². The van der Waals surface area contributed by atoms with Gasteiger partial charge in [0.05, 0.1) is 0 Å². The molecule has 0 N–H and O–H groups in total. The van der Waals surface area contributed by atoms with Crippen LogP contribution in [0.15, 0.2) is 72.8 Å². The molecule has 1 aliphatic heterocycles. The normalized spacial score (nSPS) is 16.7. The molecule has 3 nitrogen and oxygen atoms in total. The van der Waals surface area contributed by atoms with Gasteiger partial charge in [0, 0.05) is 33.9 Å². The Morgan fingerprint density at radius 1 is 1.03 bits per heavy atom. The summed E-state index contributed by atoms with van der Waals surface area (Å²) in [4.78, 5) is 0. The van der Waals surface area contributed by atoms with Crippen molar-refractivity contribution in [1.82, 2.24) is 0 Å². The monoisotopic (exact) mass is 423 g/mol. The van der Waals surface area contributed by atoms with Gasteiger partial charge in [-0.25, -0.2) is 4.39 Å². The maximum absolute atomic E-state index is 14.8. The maximum atomic E-state index is 14.8. The predicted octanol–water partition coefficient (Wildman–Crippen LogP) is 5.25. The largest absolute Gasteiger partial charge is 0.772 e. The topological polar surface area (TPSA) is 49.4 Å². The van der Waals surface area contributed by atoms with Gasteiger partial charge in [0.2, 0.25) is 0 Å². The van der Waals surface area contributed by atoms with Gasteiger partial charge in [-0.05, 0) is 23.1 Å². The van der Waals surface area contributed by atoms with Crippen LogP contribution in [0.5, 0.6) is 5.75 Å². The van der Waals surface area contributed by atoms with Crippen LogP contribution in [-0.2, 0) is 16.8 Å². The van der Waals surface area contributed by atoms with Crippen molar-refractivity contribution in [2.75, 3.05) is 0 Å². The maximum Gasteiger partial charge on any atom is 0.139 e. The summed E-state index contributed by atoms with van der Waals surface area (Å²) in [6.45, 7) is 0. The van der Waals surface area contributed by atoms with Gasteiger partial charge in [-0.15, -0.1) is 0 Å². The van der Waals surface area contributed by atoms with Gasteiger partial charge in [0.25, 0.3) is 0 Å². The number of ether oxygens (including phenoxy) is 1. The molecule has 0 bridgehead atoms. The molecule has 2 atom stereocenters. The van der Waals surface area contributed by atoms with E-state index in [4.69, 9.17) is 17.0 Å². The van der Waals surface area contributed by atoms with Crippen LogP contribution in [0, 0.1) is 5.82 Å². The lowest BCUT2D eigenvalue weighted by atomic mass is 9.83. The van der Waals surface area contributed by atoms with Crippen molar-refractivity contribution < 1.29 is 17.9 Å². The third-order valence-electron chi connectivity index (χ3n) is 4.82. The summed E-state index contributed by atoms with van der Waals surface area (Å²) in [7, 11) is 0. The fourth-order valence-corrected chi connectivity index (χ4v) is 4.25. The van der Waals surface area contributed by atoms with Crippen LogP contribution in [0.2, 0.25) is 0 Å². The molecule has 0 saturated heterocycles. The third-order valence-corrected chi connectivity index (χ3v) is 5.66. The summed E-state index contributed by atoms with van der Waals surface area (Å²) in [5, 5.41) is 1.62. The van der Waals surface area contributed by atoms with E-state index in [2.05, 4.69) is 0 Å². The van der Waals surface area contributed by atoms with E-state index in [-0.39, 0.29) is 17.5 Å². The zero-order valence-electron chi connectivity index (χ0n) is 15.2. The van der Waals surface area contributed by atoms with Crippen LogP contribution in [0.25, 0.3) is 11.3 Å². The van der Waals surface area contributed by atoms with Crippen molar-refractivity contribution >= 4 is 40.0 Å². The van der Waals surface area contributed by atoms with E-state index in [1.54, 1.807) is 47.8 Å². The predicted molar refractivity (Wildman–Crippen MR) is 116 cm³/mol. The van der Waals surface area contributed by atoms with Gasteiger partial charge in [0.15, 0.2) is 0 Å². The highest BCUT2D eigenvalue weighted by atomic mass is 32.2. The van der Waals surface area contributed by atoms with Crippen molar-refractivity contribution in [3.63, 3.8) is 0 Å². The van der Waals surface area contributed by atoms with E-state index in [1.165, 1.54) is 6.07 Å². The molecule has 6 heteroatoms. The summed E-state index contributed by atoms with van der Waals surface area (Å²) < 4.78 is 42.9. The number of rotatable bonds is 5. The van der Waals surface area contributed by atoms with Crippen molar-refractivity contribution in [3.8, 4) is 5.75 Å². The van der Waals surface area contributed by atoms with E-state index in [9.17, 15) is 13.2 Å². The van der Waals surface area contributed by atoms with Crippen molar-refractivity contribution in [3.05, 3.63) is 101 Å². The standard InChI is InChI=1S/C23H17FO3S2/c24-20-7-3-1-6-18(20)22-19(13-28)17-5-2-4-8-21(17)27-23(22)16-11-9-15(10-12-16)14-29(25)26/h1-13,19H,14H2,(H,25,26)/p-1. The minimum atomic E-state index is -2.17. The van der Waals surface area contributed by atoms with Gasteiger partial charge >= 0.3 is 0 Å². The quantitative estimate of drug-likeness (QED) is 0.415. The number of hydrogen-bond acceptors (Lipinski definition) is 4. The molecule has 0 fully saturated rings. The van der Waals surface area contributed by atoms with Crippen molar-refractivity contribution in [2.45, 2.75) is 11.7 Å². The minimum Gasteiger partial charge on any atom is -0.772 e. The molecule has 0 saturated carbocycles. The molecule has 0 amide bonds. The third kappa shape index (κ3) is 3.92. The molecule has 0 radical (unpaired) electrons. The van der Waals surface area contributed by atoms with E-state index >= 15 is 0 Å².